The van der Waals surface area contributed by atoms with Crippen LogP contribution >= 0.6 is 11.8 Å². The van der Waals surface area contributed by atoms with Gasteiger partial charge in [0, 0.05) is 13.6 Å². The Morgan fingerprint density at radius 1 is 1.03 bits per heavy atom. The minimum atomic E-state index is -4.54. The van der Waals surface area contributed by atoms with Crippen molar-refractivity contribution in [3.05, 3.63) is 60.4 Å². The number of benzene rings is 1. The lowest BCUT2D eigenvalue weighted by atomic mass is 10.3. The number of aryl methyl sites for hydroxylation is 1. The van der Waals surface area contributed by atoms with Crippen LogP contribution in [0.25, 0.3) is 33.9 Å². The molecule has 0 saturated carbocycles. The molecule has 37 heavy (non-hydrogen) atoms. The quantitative estimate of drug-likeness (QED) is 0.302. The Kier molecular flexibility index (Phi) is 5.43. The number of hydrogen-bond acceptors (Lipinski definition) is 8. The molecule has 0 spiro atoms. The van der Waals surface area contributed by atoms with E-state index in [1.54, 1.807) is 26.3 Å². The zero-order valence-corrected chi connectivity index (χ0v) is 20.3. The molecule has 0 bridgehead atoms. The van der Waals surface area contributed by atoms with Crippen LogP contribution in [0.15, 0.2) is 54.1 Å². The second kappa shape index (κ2) is 8.69. The Morgan fingerprint density at radius 2 is 1.84 bits per heavy atom. The van der Waals surface area contributed by atoms with E-state index in [2.05, 4.69) is 35.5 Å². The summed E-state index contributed by atoms with van der Waals surface area (Å²) in [4.78, 5) is 9.18. The number of nitrogens with zero attached hydrogens (tertiary/aromatic N) is 11. The number of fused-ring (bicyclic) bond motifs is 3. The number of thioether (sulfide) groups is 1. The molecule has 0 saturated heterocycles. The summed E-state index contributed by atoms with van der Waals surface area (Å²) in [6.07, 6.45) is -1.25. The lowest BCUT2D eigenvalue weighted by Gasteiger charge is -2.06. The molecule has 0 aliphatic carbocycles. The molecule has 0 unspecified atom stereocenters. The number of rotatable bonds is 6. The summed E-state index contributed by atoms with van der Waals surface area (Å²) >= 11 is 1.34. The van der Waals surface area contributed by atoms with E-state index in [4.69, 9.17) is 0 Å². The molecule has 15 heteroatoms. The van der Waals surface area contributed by atoms with Crippen LogP contribution in [0.1, 0.15) is 18.4 Å². The molecule has 6 aromatic rings. The predicted octanol–water partition coefficient (Wildman–Crippen LogP) is 3.79. The molecule has 5 heterocycles. The molecule has 0 atom stereocenters. The van der Waals surface area contributed by atoms with E-state index >= 15 is 0 Å². The summed E-state index contributed by atoms with van der Waals surface area (Å²) in [5, 5.41) is 22.2. The van der Waals surface area contributed by atoms with Crippen molar-refractivity contribution in [3.8, 4) is 17.2 Å². The molecule has 6 rings (SSSR count). The molecular formula is C22H18F3N11S. The molecule has 11 nitrogen and oxygen atoms in total. The lowest BCUT2D eigenvalue weighted by molar-refractivity contribution is -0.141. The Morgan fingerprint density at radius 3 is 2.57 bits per heavy atom. The van der Waals surface area contributed by atoms with Crippen LogP contribution in [-0.2, 0) is 25.5 Å². The first-order chi connectivity index (χ1) is 17.8. The summed E-state index contributed by atoms with van der Waals surface area (Å²) in [6, 6.07) is 10.6. The van der Waals surface area contributed by atoms with E-state index in [1.807, 2.05) is 37.3 Å². The monoisotopic (exact) mass is 525 g/mol. The second-order valence-electron chi connectivity index (χ2n) is 8.05. The largest absolute Gasteiger partial charge is 0.435 e. The van der Waals surface area contributed by atoms with E-state index in [9.17, 15) is 13.2 Å². The van der Waals surface area contributed by atoms with Gasteiger partial charge >= 0.3 is 6.18 Å². The standard InChI is InChI=1S/C22H18F3N11S/c1-3-34-20(15-9-16(22(23,24)25)31-33(15)2)29-30-21(34)37-11-17-28-19-14-10-27-36(13-7-5-4-6-8-13)18(14)26-12-35(19)32-17/h4-10,12H,3,11H2,1-2H3. The highest BCUT2D eigenvalue weighted by atomic mass is 32.2. The molecule has 0 radical (unpaired) electrons. The van der Waals surface area contributed by atoms with Crippen LogP contribution in [0.4, 0.5) is 13.2 Å². The first kappa shape index (κ1) is 23.1. The van der Waals surface area contributed by atoms with Crippen molar-refractivity contribution in [2.75, 3.05) is 0 Å². The highest BCUT2D eigenvalue weighted by molar-refractivity contribution is 7.98. The van der Waals surface area contributed by atoms with Gasteiger partial charge < -0.3 is 4.57 Å². The highest BCUT2D eigenvalue weighted by Crippen LogP contribution is 2.32. The zero-order valence-electron chi connectivity index (χ0n) is 19.5. The third-order valence-electron chi connectivity index (χ3n) is 5.71. The third-order valence-corrected chi connectivity index (χ3v) is 6.68. The number of aromatic nitrogens is 11. The van der Waals surface area contributed by atoms with Crippen LogP contribution in [0.2, 0.25) is 0 Å². The number of halogens is 3. The van der Waals surface area contributed by atoms with E-state index in [0.29, 0.717) is 40.4 Å². The Balaban J connectivity index is 1.28. The van der Waals surface area contributed by atoms with Gasteiger partial charge in [-0.05, 0) is 25.1 Å². The van der Waals surface area contributed by atoms with Gasteiger partial charge in [-0.25, -0.2) is 19.2 Å². The SMILES string of the molecule is CCn1c(SCc2nc3c4cnn(-c5ccccc5)c4ncn3n2)nnc1-c1cc(C(F)(F)F)nn1C. The van der Waals surface area contributed by atoms with Gasteiger partial charge in [0.25, 0.3) is 0 Å². The smallest absolute Gasteiger partial charge is 0.301 e. The predicted molar refractivity (Wildman–Crippen MR) is 128 cm³/mol. The maximum Gasteiger partial charge on any atom is 0.435 e. The van der Waals surface area contributed by atoms with Crippen LogP contribution < -0.4 is 0 Å². The van der Waals surface area contributed by atoms with Gasteiger partial charge in [0.15, 0.2) is 33.8 Å². The Hall–Kier alpha value is -4.27. The maximum absolute atomic E-state index is 13.1. The van der Waals surface area contributed by atoms with Crippen LogP contribution in [0.5, 0.6) is 0 Å². The van der Waals surface area contributed by atoms with E-state index in [-0.39, 0.29) is 5.69 Å². The molecule has 0 amide bonds. The van der Waals surface area contributed by atoms with Crippen molar-refractivity contribution in [1.82, 2.24) is 53.9 Å². The van der Waals surface area contributed by atoms with Crippen molar-refractivity contribution in [1.29, 1.82) is 0 Å². The topological polar surface area (TPSA) is 109 Å². The van der Waals surface area contributed by atoms with Crippen molar-refractivity contribution in [3.63, 3.8) is 0 Å². The van der Waals surface area contributed by atoms with Crippen molar-refractivity contribution in [2.24, 2.45) is 7.05 Å². The van der Waals surface area contributed by atoms with Crippen molar-refractivity contribution >= 4 is 28.4 Å². The first-order valence-electron chi connectivity index (χ1n) is 11.1. The Bertz CT molecular complexity index is 1730. The van der Waals surface area contributed by atoms with Gasteiger partial charge in [0.2, 0.25) is 0 Å². The van der Waals surface area contributed by atoms with E-state index < -0.39 is 11.9 Å². The summed E-state index contributed by atoms with van der Waals surface area (Å²) in [6.45, 7) is 2.33. The molecule has 0 aliphatic rings. The average molecular weight is 526 g/mol. The van der Waals surface area contributed by atoms with Gasteiger partial charge in [0.05, 0.1) is 23.0 Å². The van der Waals surface area contributed by atoms with Crippen molar-refractivity contribution < 1.29 is 13.2 Å². The van der Waals surface area contributed by atoms with Crippen molar-refractivity contribution in [2.45, 2.75) is 30.6 Å². The molecule has 0 aliphatic heterocycles. The van der Waals surface area contributed by atoms with Gasteiger partial charge in [-0.15, -0.1) is 15.3 Å². The molecule has 188 valence electrons. The minimum Gasteiger partial charge on any atom is -0.301 e. The zero-order chi connectivity index (χ0) is 25.7. The minimum absolute atomic E-state index is 0.225. The molecule has 0 N–H and O–H groups in total. The van der Waals surface area contributed by atoms with Gasteiger partial charge in [0.1, 0.15) is 12.0 Å². The molecule has 0 fully saturated rings. The summed E-state index contributed by atoms with van der Waals surface area (Å²) < 4.78 is 45.6. The van der Waals surface area contributed by atoms with Crippen LogP contribution in [-0.4, -0.2) is 53.9 Å². The van der Waals surface area contributed by atoms with E-state index in [1.165, 1.54) is 18.8 Å². The lowest BCUT2D eigenvalue weighted by Crippen LogP contribution is -2.06. The van der Waals surface area contributed by atoms with Gasteiger partial charge in [-0.3, -0.25) is 4.68 Å². The molecule has 1 aromatic carbocycles. The first-order valence-corrected chi connectivity index (χ1v) is 12.1. The van der Waals surface area contributed by atoms with Crippen LogP contribution in [0.3, 0.4) is 0 Å². The fourth-order valence-electron chi connectivity index (χ4n) is 4.00. The average Bonchev–Trinajstić information content (AvgIpc) is 3.65. The molecule has 5 aromatic heterocycles. The second-order valence-corrected chi connectivity index (χ2v) is 8.99. The normalized spacial score (nSPS) is 12.2. The van der Waals surface area contributed by atoms with Gasteiger partial charge in [-0.1, -0.05) is 30.0 Å². The van der Waals surface area contributed by atoms with Crippen LogP contribution in [0, 0.1) is 0 Å². The number of para-hydroxylation sites is 1. The Labute approximate surface area is 211 Å². The fraction of sp³-hybridized carbons (Fsp3) is 0.227. The summed E-state index contributed by atoms with van der Waals surface area (Å²) in [7, 11) is 1.45. The summed E-state index contributed by atoms with van der Waals surface area (Å²) in [5.41, 5.74) is 1.41. The summed E-state index contributed by atoms with van der Waals surface area (Å²) in [5.74, 6) is 1.21. The third kappa shape index (κ3) is 4.00. The highest BCUT2D eigenvalue weighted by Gasteiger charge is 2.35. The van der Waals surface area contributed by atoms with Gasteiger partial charge in [-0.2, -0.15) is 23.4 Å². The number of alkyl halides is 3. The molecular weight excluding hydrogens is 507 g/mol. The van der Waals surface area contributed by atoms with E-state index in [0.717, 1.165) is 21.8 Å². The number of hydrogen-bond donors (Lipinski definition) is 0. The fourth-order valence-corrected chi connectivity index (χ4v) is 4.85. The maximum atomic E-state index is 13.1.